The molecule has 0 saturated carbocycles. The van der Waals surface area contributed by atoms with E-state index in [1.54, 1.807) is 86.0 Å². The van der Waals surface area contributed by atoms with Gasteiger partial charge in [0.2, 0.25) is 0 Å². The lowest BCUT2D eigenvalue weighted by molar-refractivity contribution is -0.139. The summed E-state index contributed by atoms with van der Waals surface area (Å²) in [6, 6.07) is 15.4. The smallest absolute Gasteiger partial charge is 0.289 e. The number of hydrogen-bond donors (Lipinski definition) is 0. The second-order valence-corrected chi connectivity index (χ2v) is 19.6. The molecule has 4 aromatic rings. The van der Waals surface area contributed by atoms with Crippen molar-refractivity contribution in [3.63, 3.8) is 0 Å². The van der Waals surface area contributed by atoms with Crippen molar-refractivity contribution in [1.29, 1.82) is 0 Å². The van der Waals surface area contributed by atoms with E-state index in [1.165, 1.54) is 11.3 Å². The third-order valence-corrected chi connectivity index (χ3v) is 12.3. The van der Waals surface area contributed by atoms with Crippen molar-refractivity contribution in [2.45, 2.75) is 67.7 Å². The maximum absolute atomic E-state index is 15.0. The number of carbonyl (C=O) groups excluding carboxylic acids is 2. The number of nitrogens with zero attached hydrogens (tertiary/aromatic N) is 4. The number of hydrogen-bond acceptors (Lipinski definition) is 7. The average Bonchev–Trinajstić information content (AvgIpc) is 3.72. The molecule has 0 radical (unpaired) electrons. The minimum absolute atomic E-state index is 0.0645. The molecule has 0 unspecified atom stereocenters. The Morgan fingerprint density at radius 2 is 1.00 bits per heavy atom. The minimum atomic E-state index is -5.14. The molecule has 0 amide bonds. The second-order valence-electron chi connectivity index (χ2n) is 17.0. The lowest BCUT2D eigenvalue weighted by Crippen LogP contribution is -2.21. The summed E-state index contributed by atoms with van der Waals surface area (Å²) < 4.78 is 89.9. The van der Waals surface area contributed by atoms with Crippen LogP contribution in [0.3, 0.4) is 0 Å². The topological polar surface area (TPSA) is 83.6 Å². The van der Waals surface area contributed by atoms with Crippen molar-refractivity contribution in [3.05, 3.63) is 160 Å². The van der Waals surface area contributed by atoms with E-state index < -0.39 is 45.4 Å². The van der Waals surface area contributed by atoms with E-state index in [9.17, 15) is 22.8 Å². The molecule has 0 bridgehead atoms. The Hall–Kier alpha value is -5.12. The van der Waals surface area contributed by atoms with E-state index in [0.29, 0.717) is 56.0 Å². The monoisotopic (exact) mass is 1010 g/mol. The van der Waals surface area contributed by atoms with Crippen LogP contribution in [0.5, 0.6) is 0 Å². The Labute approximate surface area is 382 Å². The molecule has 0 saturated heterocycles. The van der Waals surface area contributed by atoms with Crippen LogP contribution in [0.4, 0.5) is 37.7 Å². The predicted molar refractivity (Wildman–Crippen MR) is 244 cm³/mol. The lowest BCUT2D eigenvalue weighted by Gasteiger charge is -2.25. The van der Waals surface area contributed by atoms with Crippen LogP contribution in [0.1, 0.15) is 77.0 Å². The molecule has 3 aromatic carbocycles. The molecule has 1 aromatic heterocycles. The summed E-state index contributed by atoms with van der Waals surface area (Å²) in [7, 11) is 0. The number of ketones is 2. The van der Waals surface area contributed by atoms with E-state index in [0.717, 1.165) is 12.1 Å². The van der Waals surface area contributed by atoms with Crippen molar-refractivity contribution in [2.24, 2.45) is 31.3 Å². The maximum atomic E-state index is 15.0. The predicted octanol–water partition coefficient (Wildman–Crippen LogP) is 17.0. The van der Waals surface area contributed by atoms with Gasteiger partial charge in [0.15, 0.2) is 11.6 Å². The van der Waals surface area contributed by atoms with Gasteiger partial charge in [0.1, 0.15) is 22.8 Å². The molecular weight excluding hydrogens is 970 g/mol. The highest BCUT2D eigenvalue weighted by Crippen LogP contribution is 2.49. The van der Waals surface area contributed by atoms with E-state index in [2.05, 4.69) is 52.3 Å². The molecule has 1 heterocycles. The Morgan fingerprint density at radius 3 is 1.40 bits per heavy atom. The summed E-state index contributed by atoms with van der Waals surface area (Å²) in [5, 5.41) is 19.0. The van der Waals surface area contributed by atoms with Crippen LogP contribution in [0.2, 0.25) is 0 Å². The van der Waals surface area contributed by atoms with Crippen LogP contribution in [0, 0.1) is 10.8 Å². The van der Waals surface area contributed by atoms with E-state index in [4.69, 9.17) is 0 Å². The first-order valence-electron chi connectivity index (χ1n) is 19.4. The van der Waals surface area contributed by atoms with E-state index in [1.807, 2.05) is 41.5 Å². The van der Waals surface area contributed by atoms with Gasteiger partial charge in [0.25, 0.3) is 0 Å². The van der Waals surface area contributed by atoms with Gasteiger partial charge < -0.3 is 0 Å². The second kappa shape index (κ2) is 17.8. The summed E-state index contributed by atoms with van der Waals surface area (Å²) in [5.41, 5.74) is -2.00. The van der Waals surface area contributed by atoms with E-state index in [-0.39, 0.29) is 43.3 Å². The van der Waals surface area contributed by atoms with E-state index >= 15 is 13.2 Å². The Kier molecular flexibility index (Phi) is 13.4. The summed E-state index contributed by atoms with van der Waals surface area (Å²) in [6.45, 7) is 14.6. The van der Waals surface area contributed by atoms with Gasteiger partial charge in [-0.1, -0.05) is 77.9 Å². The summed E-state index contributed by atoms with van der Waals surface area (Å²) in [5.74, 6) is -0.294. The molecule has 15 heteroatoms. The Balaban J connectivity index is 1.50. The number of carbonyl (C=O) groups is 2. The van der Waals surface area contributed by atoms with Gasteiger partial charge >= 0.3 is 12.4 Å². The van der Waals surface area contributed by atoms with Crippen LogP contribution >= 0.6 is 43.2 Å². The number of benzene rings is 3. The molecule has 6 rings (SSSR count). The van der Waals surface area contributed by atoms with Crippen LogP contribution in [0.15, 0.2) is 159 Å². The fourth-order valence-corrected chi connectivity index (χ4v) is 8.45. The number of thiophene rings is 1. The molecule has 326 valence electrons. The molecule has 0 atom stereocenters. The highest BCUT2D eigenvalue weighted by molar-refractivity contribution is 9.11. The average molecular weight is 1010 g/mol. The molecular formula is C48H40Br2F6N4O2S. The zero-order valence-electron chi connectivity index (χ0n) is 35.3. The van der Waals surface area contributed by atoms with Gasteiger partial charge in [-0.2, -0.15) is 26.3 Å². The third kappa shape index (κ3) is 10.5. The SMILES string of the molecule is CC1=C/C(=C(\N=N\c2cc(C(F)(F)F)c(-c3cc(Br)c(/N=N/C(=C4\C=C(C)C(=O)C(C(C)(C)C)=C4)c4cccs4)cc3C(F)(F)F)cc2Br)c2ccccc2)C=C(C(C)(C)C)C1=O. The van der Waals surface area contributed by atoms with Crippen molar-refractivity contribution < 1.29 is 35.9 Å². The van der Waals surface area contributed by atoms with Gasteiger partial charge in [0.05, 0.1) is 16.0 Å². The van der Waals surface area contributed by atoms with Gasteiger partial charge in [-0.25, -0.2) is 0 Å². The Bertz CT molecular complexity index is 2780. The van der Waals surface area contributed by atoms with Gasteiger partial charge in [-0.05, 0) is 139 Å². The lowest BCUT2D eigenvalue weighted by atomic mass is 9.78. The number of alkyl halides is 6. The highest BCUT2D eigenvalue weighted by atomic mass is 79.9. The Morgan fingerprint density at radius 1 is 0.571 bits per heavy atom. The fraction of sp³-hybridized carbons (Fsp3) is 0.250. The molecule has 0 N–H and O–H groups in total. The largest absolute Gasteiger partial charge is 0.417 e. The summed E-state index contributed by atoms with van der Waals surface area (Å²) in [6.07, 6.45) is -3.63. The minimum Gasteiger partial charge on any atom is -0.289 e. The van der Waals surface area contributed by atoms with Crippen LogP contribution in [0.25, 0.3) is 22.5 Å². The van der Waals surface area contributed by atoms with Crippen LogP contribution < -0.4 is 0 Å². The standard InChI is InChI=1S/C48H40Br2F6N4O2S/c1-25-17-28(19-34(43(25)61)45(3,4)5)41(27-13-10-9-11-14-27)59-57-38-23-32(47(51,52)53)30(21-36(38)49)31-22-37(50)39(24-33(31)48(54,55)56)58-60-42(40-15-12-16-63-40)29-18-26(2)44(62)35(20-29)46(6,7)8/h9-24H,1-8H3/b41-28+,42-29+,59-57+,60-58+. The highest BCUT2D eigenvalue weighted by Gasteiger charge is 2.40. The van der Waals surface area contributed by atoms with Gasteiger partial charge in [0, 0.05) is 36.8 Å². The third-order valence-electron chi connectivity index (χ3n) is 10.1. The van der Waals surface area contributed by atoms with Crippen LogP contribution in [-0.2, 0) is 21.9 Å². The first-order chi connectivity index (χ1) is 29.3. The molecule has 0 aliphatic heterocycles. The van der Waals surface area contributed by atoms with Gasteiger partial charge in [-0.3, -0.25) is 9.59 Å². The molecule has 2 aliphatic carbocycles. The van der Waals surface area contributed by atoms with Gasteiger partial charge in [-0.15, -0.1) is 31.8 Å². The number of allylic oxidation sites excluding steroid dienone is 10. The summed E-state index contributed by atoms with van der Waals surface area (Å²) in [4.78, 5) is 26.8. The molecule has 63 heavy (non-hydrogen) atoms. The molecule has 0 fully saturated rings. The van der Waals surface area contributed by atoms with Crippen molar-refractivity contribution >= 4 is 77.5 Å². The quantitative estimate of drug-likeness (QED) is 0.136. The van der Waals surface area contributed by atoms with Crippen molar-refractivity contribution in [2.75, 3.05) is 0 Å². The van der Waals surface area contributed by atoms with Crippen molar-refractivity contribution in [1.82, 2.24) is 0 Å². The number of halogens is 8. The summed E-state index contributed by atoms with van der Waals surface area (Å²) >= 11 is 7.83. The molecule has 6 nitrogen and oxygen atoms in total. The molecule has 2 aliphatic rings. The normalized spacial score (nSPS) is 17.3. The number of Topliss-reactive ketones (excluding diaryl/α,β-unsaturated/α-hetero) is 2. The maximum Gasteiger partial charge on any atom is 0.417 e. The van der Waals surface area contributed by atoms with Crippen LogP contribution in [-0.4, -0.2) is 11.6 Å². The number of azo groups is 2. The number of rotatable bonds is 7. The zero-order chi connectivity index (χ0) is 46.4. The first-order valence-corrected chi connectivity index (χ1v) is 21.9. The van der Waals surface area contributed by atoms with Crippen molar-refractivity contribution in [3.8, 4) is 11.1 Å². The fourth-order valence-electron chi connectivity index (χ4n) is 6.88. The molecule has 0 spiro atoms. The zero-order valence-corrected chi connectivity index (χ0v) is 39.3. The first kappa shape index (κ1) is 47.4.